The zero-order valence-corrected chi connectivity index (χ0v) is 10.7. The van der Waals surface area contributed by atoms with Crippen LogP contribution in [0, 0.1) is 6.92 Å². The quantitative estimate of drug-likeness (QED) is 0.649. The average molecular weight is 253 g/mol. The van der Waals surface area contributed by atoms with Gasteiger partial charge in [-0.3, -0.25) is 4.79 Å². The van der Waals surface area contributed by atoms with E-state index >= 15 is 0 Å². The van der Waals surface area contributed by atoms with Gasteiger partial charge in [-0.1, -0.05) is 18.2 Å². The summed E-state index contributed by atoms with van der Waals surface area (Å²) in [7, 11) is 0. The van der Waals surface area contributed by atoms with E-state index in [0.717, 1.165) is 16.5 Å². The first-order chi connectivity index (χ1) is 8.75. The van der Waals surface area contributed by atoms with Gasteiger partial charge >= 0.3 is 0 Å². The van der Waals surface area contributed by atoms with Gasteiger partial charge in [0.25, 0.3) is 0 Å². The fraction of sp³-hybridized carbons (Fsp3) is 0.0667. The lowest BCUT2D eigenvalue weighted by molar-refractivity contribution is 0.103. The normalized spacial score (nSPS) is 10.7. The van der Waals surface area contributed by atoms with Gasteiger partial charge in [-0.15, -0.1) is 0 Å². The van der Waals surface area contributed by atoms with Crippen LogP contribution in [0.5, 0.6) is 0 Å². The number of para-hydroxylation sites is 1. The van der Waals surface area contributed by atoms with Crippen molar-refractivity contribution in [2.24, 2.45) is 0 Å². The number of hydrogen-bond acceptors (Lipinski definition) is 3. The van der Waals surface area contributed by atoms with Crippen molar-refractivity contribution in [2.75, 3.05) is 0 Å². The molecule has 0 fully saturated rings. The van der Waals surface area contributed by atoms with Crippen LogP contribution in [-0.2, 0) is 0 Å². The van der Waals surface area contributed by atoms with E-state index in [-0.39, 0.29) is 5.78 Å². The predicted octanol–water partition coefficient (Wildman–Crippen LogP) is 3.84. The molecule has 3 heteroatoms. The molecule has 0 aliphatic rings. The summed E-state index contributed by atoms with van der Waals surface area (Å²) in [6.45, 7) is 2.01. The first-order valence-electron chi connectivity index (χ1n) is 5.69. The molecule has 0 amide bonds. The Kier molecular flexibility index (Phi) is 2.68. The molecule has 0 spiro atoms. The van der Waals surface area contributed by atoms with Crippen LogP contribution in [0.4, 0.5) is 0 Å². The van der Waals surface area contributed by atoms with Crippen LogP contribution in [-0.4, -0.2) is 10.8 Å². The summed E-state index contributed by atoms with van der Waals surface area (Å²) in [4.78, 5) is 16.7. The molecule has 0 saturated heterocycles. The Balaban J connectivity index is 2.16. The second-order valence-electron chi connectivity index (χ2n) is 4.18. The maximum Gasteiger partial charge on any atom is 0.212 e. The summed E-state index contributed by atoms with van der Waals surface area (Å²) in [5.74, 6) is -0.00916. The number of fused-ring (bicyclic) bond motifs is 1. The van der Waals surface area contributed by atoms with Crippen molar-refractivity contribution in [3.8, 4) is 0 Å². The maximum atomic E-state index is 12.2. The van der Waals surface area contributed by atoms with E-state index in [2.05, 4.69) is 4.98 Å². The summed E-state index contributed by atoms with van der Waals surface area (Å²) in [5, 5.41) is 4.86. The fourth-order valence-electron chi connectivity index (χ4n) is 2.01. The van der Waals surface area contributed by atoms with Gasteiger partial charge in [0, 0.05) is 16.3 Å². The van der Waals surface area contributed by atoms with Gasteiger partial charge in [0.1, 0.15) is 5.69 Å². The van der Waals surface area contributed by atoms with Crippen molar-refractivity contribution in [1.29, 1.82) is 0 Å². The highest BCUT2D eigenvalue weighted by Crippen LogP contribution is 2.19. The zero-order chi connectivity index (χ0) is 12.5. The van der Waals surface area contributed by atoms with Crippen molar-refractivity contribution < 1.29 is 4.79 Å². The minimum absolute atomic E-state index is 0.00916. The minimum atomic E-state index is -0.00916. The third-order valence-corrected chi connectivity index (χ3v) is 3.62. The van der Waals surface area contributed by atoms with Gasteiger partial charge in [0.2, 0.25) is 5.78 Å². The smallest absolute Gasteiger partial charge is 0.212 e. The molecule has 0 atom stereocenters. The number of pyridine rings is 1. The molecular formula is C15H11NOS. The molecular weight excluding hydrogens is 242 g/mol. The SMILES string of the molecule is Cc1cc(C(=O)c2ccsc2)nc2ccccc12. The number of carbonyl (C=O) groups excluding carboxylic acids is 1. The topological polar surface area (TPSA) is 30.0 Å². The summed E-state index contributed by atoms with van der Waals surface area (Å²) in [6.07, 6.45) is 0. The molecule has 0 unspecified atom stereocenters. The highest BCUT2D eigenvalue weighted by atomic mass is 32.1. The molecule has 0 N–H and O–H groups in total. The number of nitrogens with zero attached hydrogens (tertiary/aromatic N) is 1. The second kappa shape index (κ2) is 4.35. The molecule has 88 valence electrons. The number of benzene rings is 1. The number of ketones is 1. The molecule has 0 saturated carbocycles. The van der Waals surface area contributed by atoms with Gasteiger partial charge in [-0.25, -0.2) is 4.98 Å². The van der Waals surface area contributed by atoms with Crippen LogP contribution in [0.25, 0.3) is 10.9 Å². The van der Waals surface area contributed by atoms with Crippen molar-refractivity contribution in [3.63, 3.8) is 0 Å². The van der Waals surface area contributed by atoms with Crippen molar-refractivity contribution in [2.45, 2.75) is 6.92 Å². The van der Waals surface area contributed by atoms with E-state index in [1.807, 2.05) is 54.1 Å². The third-order valence-electron chi connectivity index (χ3n) is 2.94. The molecule has 0 aliphatic heterocycles. The van der Waals surface area contributed by atoms with Crippen LogP contribution >= 0.6 is 11.3 Å². The lowest BCUT2D eigenvalue weighted by atomic mass is 10.1. The monoisotopic (exact) mass is 253 g/mol. The molecule has 2 nitrogen and oxygen atoms in total. The van der Waals surface area contributed by atoms with Crippen LogP contribution in [0.3, 0.4) is 0 Å². The Hall–Kier alpha value is -2.00. The summed E-state index contributed by atoms with van der Waals surface area (Å²) >= 11 is 1.52. The van der Waals surface area contributed by atoms with E-state index in [1.54, 1.807) is 0 Å². The van der Waals surface area contributed by atoms with Crippen molar-refractivity contribution in [3.05, 3.63) is 64.0 Å². The Bertz CT molecular complexity index is 716. The van der Waals surface area contributed by atoms with Crippen LogP contribution < -0.4 is 0 Å². The zero-order valence-electron chi connectivity index (χ0n) is 9.88. The maximum absolute atomic E-state index is 12.2. The number of aryl methyl sites for hydroxylation is 1. The van der Waals surface area contributed by atoms with Gasteiger partial charge in [-0.2, -0.15) is 11.3 Å². The fourth-order valence-corrected chi connectivity index (χ4v) is 2.64. The van der Waals surface area contributed by atoms with Crippen molar-refractivity contribution in [1.82, 2.24) is 4.98 Å². The van der Waals surface area contributed by atoms with E-state index in [0.29, 0.717) is 11.3 Å². The van der Waals surface area contributed by atoms with E-state index in [4.69, 9.17) is 0 Å². The van der Waals surface area contributed by atoms with E-state index in [1.165, 1.54) is 11.3 Å². The van der Waals surface area contributed by atoms with Gasteiger partial charge in [0.05, 0.1) is 5.52 Å². The summed E-state index contributed by atoms with van der Waals surface area (Å²) in [6, 6.07) is 11.6. The first kappa shape index (κ1) is 11.1. The van der Waals surface area contributed by atoms with Crippen LogP contribution in [0.2, 0.25) is 0 Å². The van der Waals surface area contributed by atoms with E-state index in [9.17, 15) is 4.79 Å². The predicted molar refractivity (Wildman–Crippen MR) is 74.2 cm³/mol. The summed E-state index contributed by atoms with van der Waals surface area (Å²) in [5.41, 5.74) is 3.18. The molecule has 18 heavy (non-hydrogen) atoms. The molecule has 2 heterocycles. The lowest BCUT2D eigenvalue weighted by Crippen LogP contribution is -2.03. The molecule has 3 aromatic rings. The Morgan fingerprint density at radius 3 is 2.83 bits per heavy atom. The standard InChI is InChI=1S/C15H11NOS/c1-10-8-14(15(17)11-6-7-18-9-11)16-13-5-3-2-4-12(10)13/h2-9H,1H3. The Morgan fingerprint density at radius 1 is 1.22 bits per heavy atom. The number of thiophene rings is 1. The van der Waals surface area contributed by atoms with Gasteiger partial charge < -0.3 is 0 Å². The molecule has 2 aromatic heterocycles. The number of aromatic nitrogens is 1. The third kappa shape index (κ3) is 1.83. The first-order valence-corrected chi connectivity index (χ1v) is 6.63. The molecule has 0 bridgehead atoms. The number of carbonyl (C=O) groups is 1. The highest BCUT2D eigenvalue weighted by Gasteiger charge is 2.12. The molecule has 0 aliphatic carbocycles. The second-order valence-corrected chi connectivity index (χ2v) is 4.96. The minimum Gasteiger partial charge on any atom is -0.287 e. The highest BCUT2D eigenvalue weighted by molar-refractivity contribution is 7.08. The van der Waals surface area contributed by atoms with E-state index < -0.39 is 0 Å². The molecule has 1 aromatic carbocycles. The molecule has 3 rings (SSSR count). The van der Waals surface area contributed by atoms with Gasteiger partial charge in [-0.05, 0) is 36.1 Å². The largest absolute Gasteiger partial charge is 0.287 e. The molecule has 0 radical (unpaired) electrons. The number of rotatable bonds is 2. The average Bonchev–Trinajstić information content (AvgIpc) is 2.91. The Morgan fingerprint density at radius 2 is 2.06 bits per heavy atom. The Labute approximate surface area is 109 Å². The van der Waals surface area contributed by atoms with Crippen LogP contribution in [0.15, 0.2) is 47.2 Å². The lowest BCUT2D eigenvalue weighted by Gasteiger charge is -2.04. The number of hydrogen-bond donors (Lipinski definition) is 0. The van der Waals surface area contributed by atoms with Gasteiger partial charge in [0.15, 0.2) is 0 Å². The van der Waals surface area contributed by atoms with Crippen molar-refractivity contribution >= 4 is 28.0 Å². The summed E-state index contributed by atoms with van der Waals surface area (Å²) < 4.78 is 0. The van der Waals surface area contributed by atoms with Crippen LogP contribution in [0.1, 0.15) is 21.6 Å².